The van der Waals surface area contributed by atoms with Gasteiger partial charge in [0.2, 0.25) is 0 Å². The molecule has 1 heterocycles. The van der Waals surface area contributed by atoms with Crippen LogP contribution in [0.15, 0.2) is 30.3 Å². The molecule has 4 nitrogen and oxygen atoms in total. The lowest BCUT2D eigenvalue weighted by Crippen LogP contribution is -2.10. The van der Waals surface area contributed by atoms with E-state index >= 15 is 0 Å². The first-order valence-electron chi connectivity index (χ1n) is 7.12. The lowest BCUT2D eigenvalue weighted by Gasteiger charge is -2.10. The van der Waals surface area contributed by atoms with Crippen molar-refractivity contribution in [2.45, 2.75) is 13.5 Å². The summed E-state index contributed by atoms with van der Waals surface area (Å²) >= 11 is 0. The van der Waals surface area contributed by atoms with E-state index in [-0.39, 0.29) is 12.2 Å². The summed E-state index contributed by atoms with van der Waals surface area (Å²) in [4.78, 5) is 11.5. The molecule has 0 bridgehead atoms. The molecule has 1 aliphatic rings. The van der Waals surface area contributed by atoms with Gasteiger partial charge in [-0.1, -0.05) is 6.07 Å². The summed E-state index contributed by atoms with van der Waals surface area (Å²) in [6, 6.07) is 6.88. The van der Waals surface area contributed by atoms with Crippen LogP contribution in [-0.4, -0.2) is 20.1 Å². The first-order chi connectivity index (χ1) is 11.1. The third kappa shape index (κ3) is 3.19. The molecule has 1 aliphatic heterocycles. The Labute approximate surface area is 132 Å². The number of fused-ring (bicyclic) bond motifs is 1. The van der Waals surface area contributed by atoms with Crippen molar-refractivity contribution in [2.75, 3.05) is 6.61 Å². The average molecular weight is 318 g/mol. The van der Waals surface area contributed by atoms with Crippen LogP contribution in [-0.2, 0) is 16.0 Å². The van der Waals surface area contributed by atoms with Crippen molar-refractivity contribution >= 4 is 18.9 Å². The van der Waals surface area contributed by atoms with Crippen molar-refractivity contribution in [3.63, 3.8) is 0 Å². The maximum absolute atomic E-state index is 14.1. The van der Waals surface area contributed by atoms with Crippen molar-refractivity contribution < 1.29 is 27.7 Å². The standard InChI is InChI=1S/C16H13BF2O4/c1-2-21-16(20)9-6-13(18)15(14(19)7-9)23-11-3-4-12-10(5-11)8-22-17-12/h3-7,17H,2,8H2,1H3. The van der Waals surface area contributed by atoms with Crippen molar-refractivity contribution in [1.82, 2.24) is 0 Å². The van der Waals surface area contributed by atoms with E-state index in [2.05, 4.69) is 0 Å². The van der Waals surface area contributed by atoms with Gasteiger partial charge in [-0.15, -0.1) is 0 Å². The summed E-state index contributed by atoms with van der Waals surface area (Å²) in [5.41, 5.74) is 1.75. The molecule has 2 aromatic carbocycles. The van der Waals surface area contributed by atoms with E-state index in [1.54, 1.807) is 25.1 Å². The summed E-state index contributed by atoms with van der Waals surface area (Å²) in [6.45, 7) is 2.18. The van der Waals surface area contributed by atoms with Crippen molar-refractivity contribution in [1.29, 1.82) is 0 Å². The molecule has 0 unspecified atom stereocenters. The highest BCUT2D eigenvalue weighted by molar-refractivity contribution is 6.48. The molecule has 118 valence electrons. The maximum atomic E-state index is 14.1. The number of carbonyl (C=O) groups is 1. The molecule has 0 aliphatic carbocycles. The normalized spacial score (nSPS) is 12.5. The van der Waals surface area contributed by atoms with Crippen LogP contribution in [0.3, 0.4) is 0 Å². The van der Waals surface area contributed by atoms with Gasteiger partial charge in [0, 0.05) is 0 Å². The Morgan fingerprint density at radius 2 is 2.00 bits per heavy atom. The van der Waals surface area contributed by atoms with E-state index < -0.39 is 23.4 Å². The molecule has 0 saturated heterocycles. The van der Waals surface area contributed by atoms with Crippen LogP contribution in [0.5, 0.6) is 11.5 Å². The smallest absolute Gasteiger partial charge is 0.338 e. The molecule has 3 rings (SSSR count). The Balaban J connectivity index is 1.87. The predicted molar refractivity (Wildman–Crippen MR) is 80.4 cm³/mol. The molecular weight excluding hydrogens is 305 g/mol. The second-order valence-electron chi connectivity index (χ2n) is 5.01. The molecule has 2 aromatic rings. The fourth-order valence-electron chi connectivity index (χ4n) is 2.32. The van der Waals surface area contributed by atoms with Crippen molar-refractivity contribution in [2.24, 2.45) is 0 Å². The highest BCUT2D eigenvalue weighted by Crippen LogP contribution is 2.29. The molecule has 0 amide bonds. The lowest BCUT2D eigenvalue weighted by molar-refractivity contribution is 0.0525. The van der Waals surface area contributed by atoms with Crippen LogP contribution in [0, 0.1) is 11.6 Å². The number of ether oxygens (including phenoxy) is 2. The van der Waals surface area contributed by atoms with E-state index in [1.807, 2.05) is 0 Å². The predicted octanol–water partition coefficient (Wildman–Crippen LogP) is 2.44. The van der Waals surface area contributed by atoms with Gasteiger partial charge in [0.25, 0.3) is 0 Å². The monoisotopic (exact) mass is 318 g/mol. The van der Waals surface area contributed by atoms with Gasteiger partial charge in [-0.25, -0.2) is 13.6 Å². The van der Waals surface area contributed by atoms with E-state index in [4.69, 9.17) is 14.1 Å². The number of halogens is 2. The number of rotatable bonds is 4. The summed E-state index contributed by atoms with van der Waals surface area (Å²) in [6.07, 6.45) is 0. The van der Waals surface area contributed by atoms with E-state index in [0.29, 0.717) is 19.8 Å². The van der Waals surface area contributed by atoms with Gasteiger partial charge in [-0.05, 0) is 42.2 Å². The van der Waals surface area contributed by atoms with E-state index in [9.17, 15) is 13.6 Å². The quantitative estimate of drug-likeness (QED) is 0.642. The Morgan fingerprint density at radius 3 is 2.70 bits per heavy atom. The van der Waals surface area contributed by atoms with Gasteiger partial charge in [-0.2, -0.15) is 0 Å². The van der Waals surface area contributed by atoms with Gasteiger partial charge in [0.05, 0.1) is 18.8 Å². The van der Waals surface area contributed by atoms with Gasteiger partial charge < -0.3 is 14.1 Å². The Kier molecular flexibility index (Phi) is 4.29. The molecular formula is C16H13BF2O4. The highest BCUT2D eigenvalue weighted by atomic mass is 19.1. The summed E-state index contributed by atoms with van der Waals surface area (Å²) < 4.78 is 43.4. The van der Waals surface area contributed by atoms with E-state index in [1.165, 1.54) is 0 Å². The minimum atomic E-state index is -0.968. The van der Waals surface area contributed by atoms with Gasteiger partial charge >= 0.3 is 13.5 Å². The molecule has 0 spiro atoms. The number of benzene rings is 2. The largest absolute Gasteiger partial charge is 0.462 e. The fourth-order valence-corrected chi connectivity index (χ4v) is 2.32. The second kappa shape index (κ2) is 6.38. The van der Waals surface area contributed by atoms with Crippen molar-refractivity contribution in [3.8, 4) is 11.5 Å². The summed E-state index contributed by atoms with van der Waals surface area (Å²) in [7, 11) is 0.520. The number of hydrogen-bond acceptors (Lipinski definition) is 4. The van der Waals surface area contributed by atoms with Crippen LogP contribution in [0.1, 0.15) is 22.8 Å². The zero-order chi connectivity index (χ0) is 16.4. The van der Waals surface area contributed by atoms with Crippen LogP contribution in [0.25, 0.3) is 0 Å². The average Bonchev–Trinajstić information content (AvgIpc) is 2.98. The highest BCUT2D eigenvalue weighted by Gasteiger charge is 2.19. The molecule has 0 saturated carbocycles. The number of carbonyl (C=O) groups excluding carboxylic acids is 1. The second-order valence-corrected chi connectivity index (χ2v) is 5.01. The Hall–Kier alpha value is -2.41. The number of esters is 1. The third-order valence-corrected chi connectivity index (χ3v) is 3.42. The number of hydrogen-bond donors (Lipinski definition) is 0. The zero-order valence-corrected chi connectivity index (χ0v) is 12.4. The molecule has 0 radical (unpaired) electrons. The Morgan fingerprint density at radius 1 is 1.26 bits per heavy atom. The van der Waals surface area contributed by atoms with Gasteiger partial charge in [0.1, 0.15) is 5.75 Å². The minimum absolute atomic E-state index is 0.123. The zero-order valence-electron chi connectivity index (χ0n) is 12.4. The minimum Gasteiger partial charge on any atom is -0.462 e. The molecule has 0 atom stereocenters. The van der Waals surface area contributed by atoms with Gasteiger partial charge in [-0.3, -0.25) is 0 Å². The van der Waals surface area contributed by atoms with Crippen LogP contribution >= 0.6 is 0 Å². The van der Waals surface area contributed by atoms with Crippen LogP contribution in [0.4, 0.5) is 8.78 Å². The summed E-state index contributed by atoms with van der Waals surface area (Å²) in [5, 5.41) is 0. The summed E-state index contributed by atoms with van der Waals surface area (Å²) in [5.74, 6) is -2.98. The lowest BCUT2D eigenvalue weighted by atomic mass is 9.87. The topological polar surface area (TPSA) is 44.8 Å². The fraction of sp³-hybridized carbons (Fsp3) is 0.188. The first kappa shape index (κ1) is 15.5. The molecule has 0 N–H and O–H groups in total. The first-order valence-corrected chi connectivity index (χ1v) is 7.12. The third-order valence-electron chi connectivity index (χ3n) is 3.42. The molecule has 0 aromatic heterocycles. The van der Waals surface area contributed by atoms with Crippen LogP contribution < -0.4 is 10.2 Å². The van der Waals surface area contributed by atoms with Crippen molar-refractivity contribution in [3.05, 3.63) is 53.1 Å². The van der Waals surface area contributed by atoms with Gasteiger partial charge in [0.15, 0.2) is 17.4 Å². The molecule has 7 heteroatoms. The SMILES string of the molecule is CCOC(=O)c1cc(F)c(Oc2ccc3c(c2)COB3)c(F)c1. The van der Waals surface area contributed by atoms with E-state index in [0.717, 1.165) is 23.2 Å². The molecule has 0 fully saturated rings. The van der Waals surface area contributed by atoms with Crippen LogP contribution in [0.2, 0.25) is 0 Å². The Bertz CT molecular complexity index is 741. The molecule has 23 heavy (non-hydrogen) atoms. The maximum Gasteiger partial charge on any atom is 0.338 e.